The second-order valence-electron chi connectivity index (χ2n) is 7.44. The Morgan fingerprint density at radius 2 is 1.87 bits per heavy atom. The average molecular weight is 395 g/mol. The first-order valence-corrected chi connectivity index (χ1v) is 9.95. The summed E-state index contributed by atoms with van der Waals surface area (Å²) in [5.74, 6) is 1.57. The Balaban J connectivity index is 1.62. The van der Waals surface area contributed by atoms with Crippen LogP contribution in [0.3, 0.4) is 0 Å². The minimum Gasteiger partial charge on any atom is -0.442 e. The van der Waals surface area contributed by atoms with Crippen LogP contribution in [0, 0.1) is 0 Å². The number of rotatable bonds is 2. The Labute approximate surface area is 172 Å². The fourth-order valence-electron chi connectivity index (χ4n) is 4.30. The lowest BCUT2D eigenvalue weighted by Gasteiger charge is -2.31. The molecule has 30 heavy (non-hydrogen) atoms. The van der Waals surface area contributed by atoms with Crippen molar-refractivity contribution < 1.29 is 9.53 Å². The Morgan fingerprint density at radius 1 is 1.00 bits per heavy atom. The number of benzene rings is 1. The summed E-state index contributed by atoms with van der Waals surface area (Å²) in [6.45, 7) is 0. The molecule has 0 N–H and O–H groups in total. The van der Waals surface area contributed by atoms with Crippen molar-refractivity contribution in [2.24, 2.45) is 0 Å². The maximum atomic E-state index is 13.0. The van der Waals surface area contributed by atoms with E-state index in [-0.39, 0.29) is 11.7 Å². The second-order valence-corrected chi connectivity index (χ2v) is 7.44. The molecular formula is C23H17N5O2. The van der Waals surface area contributed by atoms with Gasteiger partial charge in [-0.15, -0.1) is 5.10 Å². The molecule has 0 unspecified atom stereocenters. The summed E-state index contributed by atoms with van der Waals surface area (Å²) in [7, 11) is 0. The molecule has 0 saturated carbocycles. The molecule has 0 saturated heterocycles. The summed E-state index contributed by atoms with van der Waals surface area (Å²) < 4.78 is 7.77. The second kappa shape index (κ2) is 6.59. The van der Waals surface area contributed by atoms with Crippen molar-refractivity contribution >= 4 is 11.4 Å². The monoisotopic (exact) mass is 395 g/mol. The van der Waals surface area contributed by atoms with Crippen molar-refractivity contribution in [2.75, 3.05) is 0 Å². The van der Waals surface area contributed by atoms with E-state index in [4.69, 9.17) is 9.72 Å². The van der Waals surface area contributed by atoms with E-state index in [0.717, 1.165) is 35.3 Å². The van der Waals surface area contributed by atoms with Crippen LogP contribution in [-0.4, -0.2) is 30.3 Å². The van der Waals surface area contributed by atoms with E-state index in [2.05, 4.69) is 15.1 Å². The van der Waals surface area contributed by atoms with Crippen molar-refractivity contribution in [3.8, 4) is 17.4 Å². The smallest absolute Gasteiger partial charge is 0.228 e. The van der Waals surface area contributed by atoms with Gasteiger partial charge in [-0.2, -0.15) is 0 Å². The zero-order valence-electron chi connectivity index (χ0n) is 16.0. The van der Waals surface area contributed by atoms with Crippen LogP contribution in [0.25, 0.3) is 17.2 Å². The molecule has 0 amide bonds. The topological polar surface area (TPSA) is 82.3 Å². The van der Waals surface area contributed by atoms with Crippen LogP contribution in [0.4, 0.5) is 0 Å². The van der Waals surface area contributed by atoms with E-state index < -0.39 is 0 Å². The molecule has 2 aliphatic rings. The van der Waals surface area contributed by atoms with Crippen molar-refractivity contribution in [1.29, 1.82) is 0 Å². The first-order valence-electron chi connectivity index (χ1n) is 9.95. The van der Waals surface area contributed by atoms with Crippen LogP contribution < -0.4 is 4.74 Å². The van der Waals surface area contributed by atoms with Crippen molar-refractivity contribution in [3.05, 3.63) is 83.5 Å². The van der Waals surface area contributed by atoms with Crippen molar-refractivity contribution in [3.63, 3.8) is 0 Å². The van der Waals surface area contributed by atoms with Crippen LogP contribution in [0.1, 0.15) is 36.3 Å². The molecular weight excluding hydrogens is 378 g/mol. The van der Waals surface area contributed by atoms with Gasteiger partial charge >= 0.3 is 0 Å². The lowest BCUT2D eigenvalue weighted by molar-refractivity contribution is -0.116. The van der Waals surface area contributed by atoms with Crippen LogP contribution in [0.15, 0.2) is 72.4 Å². The van der Waals surface area contributed by atoms with Crippen LogP contribution in [0.2, 0.25) is 0 Å². The predicted octanol–water partition coefficient (Wildman–Crippen LogP) is 3.72. The molecule has 4 heterocycles. The minimum absolute atomic E-state index is 0.127. The van der Waals surface area contributed by atoms with Gasteiger partial charge in [0, 0.05) is 30.5 Å². The van der Waals surface area contributed by atoms with Gasteiger partial charge in [-0.05, 0) is 24.1 Å². The van der Waals surface area contributed by atoms with Crippen LogP contribution in [0.5, 0.6) is 5.88 Å². The third-order valence-corrected chi connectivity index (χ3v) is 5.62. The number of Topliss-reactive ketones (excluding diaryl/α,β-unsaturated/α-hetero) is 1. The molecule has 0 bridgehead atoms. The largest absolute Gasteiger partial charge is 0.442 e. The first kappa shape index (κ1) is 17.0. The number of fused-ring (bicyclic) bond motifs is 3. The molecule has 146 valence electrons. The van der Waals surface area contributed by atoms with E-state index >= 15 is 0 Å². The molecule has 1 aromatic carbocycles. The number of carbonyl (C=O) groups is 1. The molecule has 1 aliphatic heterocycles. The summed E-state index contributed by atoms with van der Waals surface area (Å²) >= 11 is 0. The Kier molecular flexibility index (Phi) is 3.74. The van der Waals surface area contributed by atoms with Gasteiger partial charge in [0.25, 0.3) is 0 Å². The highest BCUT2D eigenvalue weighted by Gasteiger charge is 2.39. The molecule has 4 aromatic rings. The SMILES string of the molecule is O=C1CCCC2=C1[C@@H](c1ccccc1)c1c(ncn3nc(-c4ccccn4)nc13)O2. The maximum absolute atomic E-state index is 13.0. The highest BCUT2D eigenvalue weighted by molar-refractivity contribution is 6.00. The van der Waals surface area contributed by atoms with Gasteiger partial charge < -0.3 is 4.74 Å². The Hall–Kier alpha value is -3.87. The fraction of sp³-hybridized carbons (Fsp3) is 0.174. The summed E-state index contributed by atoms with van der Waals surface area (Å²) in [5.41, 5.74) is 3.81. The third-order valence-electron chi connectivity index (χ3n) is 5.62. The highest BCUT2D eigenvalue weighted by atomic mass is 16.5. The van der Waals surface area contributed by atoms with Gasteiger partial charge in [0.1, 0.15) is 17.8 Å². The van der Waals surface area contributed by atoms with Gasteiger partial charge in [0.2, 0.25) is 11.7 Å². The number of carbonyl (C=O) groups excluding carboxylic acids is 1. The molecule has 1 atom stereocenters. The van der Waals surface area contributed by atoms with E-state index in [1.807, 2.05) is 48.5 Å². The fourth-order valence-corrected chi connectivity index (χ4v) is 4.30. The van der Waals surface area contributed by atoms with E-state index in [1.54, 1.807) is 17.0 Å². The minimum atomic E-state index is -0.283. The summed E-state index contributed by atoms with van der Waals surface area (Å²) in [6, 6.07) is 15.6. The van der Waals surface area contributed by atoms with E-state index in [9.17, 15) is 4.79 Å². The number of aromatic nitrogens is 5. The normalized spacial score (nSPS) is 18.1. The maximum Gasteiger partial charge on any atom is 0.228 e. The number of allylic oxidation sites excluding steroid dienone is 2. The molecule has 0 spiro atoms. The molecule has 0 radical (unpaired) electrons. The third kappa shape index (κ3) is 2.55. The molecule has 7 nitrogen and oxygen atoms in total. The van der Waals surface area contributed by atoms with Crippen LogP contribution >= 0.6 is 0 Å². The first-order chi connectivity index (χ1) is 14.8. The standard InChI is InChI=1S/C23H17N5O2/c29-16-10-6-11-17-19(16)18(14-7-2-1-3-8-14)20-22-26-21(15-9-4-5-12-24-15)27-28(22)13-25-23(20)30-17/h1-5,7-9,12-13,18H,6,10-11H2/t18-/m1/s1. The van der Waals surface area contributed by atoms with Gasteiger partial charge in [0.15, 0.2) is 11.4 Å². The molecule has 7 heteroatoms. The number of ether oxygens (including phenoxy) is 1. The number of nitrogens with zero attached hydrogens (tertiary/aromatic N) is 5. The van der Waals surface area contributed by atoms with E-state index in [0.29, 0.717) is 29.5 Å². The van der Waals surface area contributed by atoms with Crippen molar-refractivity contribution in [2.45, 2.75) is 25.2 Å². The molecule has 0 fully saturated rings. The van der Waals surface area contributed by atoms with Crippen molar-refractivity contribution in [1.82, 2.24) is 24.6 Å². The molecule has 1 aliphatic carbocycles. The van der Waals surface area contributed by atoms with Gasteiger partial charge in [-0.3, -0.25) is 9.78 Å². The van der Waals surface area contributed by atoms with Gasteiger partial charge in [-0.25, -0.2) is 14.5 Å². The summed E-state index contributed by atoms with van der Waals surface area (Å²) in [5, 5.41) is 4.57. The molecule has 6 rings (SSSR count). The van der Waals surface area contributed by atoms with Gasteiger partial charge in [0.05, 0.1) is 5.56 Å². The predicted molar refractivity (Wildman–Crippen MR) is 109 cm³/mol. The summed E-state index contributed by atoms with van der Waals surface area (Å²) in [4.78, 5) is 26.6. The Morgan fingerprint density at radius 3 is 2.70 bits per heavy atom. The quantitative estimate of drug-likeness (QED) is 0.515. The number of hydrogen-bond acceptors (Lipinski definition) is 6. The number of pyridine rings is 1. The average Bonchev–Trinajstić information content (AvgIpc) is 3.24. The number of hydrogen-bond donors (Lipinski definition) is 0. The molecule has 3 aromatic heterocycles. The van der Waals surface area contributed by atoms with Crippen LogP contribution in [-0.2, 0) is 4.79 Å². The zero-order chi connectivity index (χ0) is 20.1. The van der Waals surface area contributed by atoms with Gasteiger partial charge in [-0.1, -0.05) is 36.4 Å². The summed E-state index contributed by atoms with van der Waals surface area (Å²) in [6.07, 6.45) is 5.38. The highest BCUT2D eigenvalue weighted by Crippen LogP contribution is 2.47. The lowest BCUT2D eigenvalue weighted by Crippen LogP contribution is -2.26. The zero-order valence-corrected chi connectivity index (χ0v) is 16.0. The Bertz CT molecular complexity index is 1310. The lowest BCUT2D eigenvalue weighted by atomic mass is 9.78. The van der Waals surface area contributed by atoms with E-state index in [1.165, 1.54) is 0 Å². The number of ketones is 1.